The summed E-state index contributed by atoms with van der Waals surface area (Å²) in [7, 11) is 1.68. The summed E-state index contributed by atoms with van der Waals surface area (Å²) < 4.78 is 5.03. The zero-order valence-corrected chi connectivity index (χ0v) is 10.3. The third kappa shape index (κ3) is 4.54. The van der Waals surface area contributed by atoms with Crippen molar-refractivity contribution < 1.29 is 14.6 Å². The van der Waals surface area contributed by atoms with E-state index in [1.54, 1.807) is 19.2 Å². The van der Waals surface area contributed by atoms with Gasteiger partial charge in [-0.05, 0) is 17.5 Å². The van der Waals surface area contributed by atoms with Gasteiger partial charge < -0.3 is 15.2 Å². The van der Waals surface area contributed by atoms with Crippen LogP contribution in [0.1, 0.15) is 22.8 Å². The van der Waals surface area contributed by atoms with Crippen molar-refractivity contribution in [2.45, 2.75) is 13.5 Å². The van der Waals surface area contributed by atoms with Gasteiger partial charge in [0.2, 0.25) is 0 Å². The van der Waals surface area contributed by atoms with E-state index in [9.17, 15) is 4.79 Å². The molecule has 0 heterocycles. The Labute approximate surface area is 102 Å². The first kappa shape index (κ1) is 13.7. The molecule has 0 saturated carbocycles. The molecular weight excluding hydrogens is 218 g/mol. The number of carbonyl (C=O) groups is 1. The van der Waals surface area contributed by atoms with Crippen LogP contribution < -0.4 is 5.32 Å². The summed E-state index contributed by atoms with van der Waals surface area (Å²) in [6.07, 6.45) is 0. The van der Waals surface area contributed by atoms with Crippen LogP contribution in [-0.2, 0) is 11.3 Å². The zero-order chi connectivity index (χ0) is 12.7. The number of ether oxygens (including phenoxy) is 1. The van der Waals surface area contributed by atoms with Gasteiger partial charge in [0.15, 0.2) is 0 Å². The van der Waals surface area contributed by atoms with Gasteiger partial charge in [-0.2, -0.15) is 0 Å². The smallest absolute Gasteiger partial charge is 0.336 e. The molecule has 0 fully saturated rings. The summed E-state index contributed by atoms with van der Waals surface area (Å²) in [5.74, 6) is -0.468. The molecular formula is C13H19NO3. The Morgan fingerprint density at radius 1 is 1.47 bits per heavy atom. The monoisotopic (exact) mass is 237 g/mol. The van der Waals surface area contributed by atoms with Gasteiger partial charge >= 0.3 is 5.97 Å². The molecule has 94 valence electrons. The van der Waals surface area contributed by atoms with E-state index in [-0.39, 0.29) is 0 Å². The van der Waals surface area contributed by atoms with Crippen molar-refractivity contribution in [2.24, 2.45) is 5.92 Å². The fraction of sp³-hybridized carbons (Fsp3) is 0.462. The number of hydrogen-bond donors (Lipinski definition) is 2. The lowest BCUT2D eigenvalue weighted by atomic mass is 10.1. The molecule has 4 heteroatoms. The predicted octanol–water partition coefficient (Wildman–Crippen LogP) is 1.76. The Balaban J connectivity index is 2.49. The molecule has 0 radical (unpaired) electrons. The van der Waals surface area contributed by atoms with Crippen molar-refractivity contribution in [3.05, 3.63) is 35.4 Å². The molecule has 0 amide bonds. The molecule has 1 aromatic carbocycles. The third-order valence-electron chi connectivity index (χ3n) is 2.51. The molecule has 1 aromatic rings. The van der Waals surface area contributed by atoms with Gasteiger partial charge in [-0.15, -0.1) is 0 Å². The van der Waals surface area contributed by atoms with Gasteiger partial charge in [0.25, 0.3) is 0 Å². The maximum atomic E-state index is 11.0. The minimum absolute atomic E-state index is 0.361. The topological polar surface area (TPSA) is 58.6 Å². The molecule has 4 nitrogen and oxygen atoms in total. The fourth-order valence-electron chi connectivity index (χ4n) is 1.68. The molecule has 0 aromatic heterocycles. The minimum atomic E-state index is -0.882. The standard InChI is InChI=1S/C13H19NO3/c1-10(9-17-2)7-14-8-11-5-3-4-6-12(11)13(15)16/h3-6,10,14H,7-9H2,1-2H3,(H,15,16). The van der Waals surface area contributed by atoms with Crippen LogP contribution in [0.3, 0.4) is 0 Å². The lowest BCUT2D eigenvalue weighted by Gasteiger charge is -2.12. The molecule has 1 atom stereocenters. The van der Waals surface area contributed by atoms with Crippen LogP contribution in [0.15, 0.2) is 24.3 Å². The molecule has 0 aliphatic rings. The summed E-state index contributed by atoms with van der Waals surface area (Å²) in [5.41, 5.74) is 1.17. The first-order valence-electron chi connectivity index (χ1n) is 5.66. The number of benzene rings is 1. The highest BCUT2D eigenvalue weighted by Crippen LogP contribution is 2.08. The average molecular weight is 237 g/mol. The SMILES string of the molecule is COCC(C)CNCc1ccccc1C(=O)O. The van der Waals surface area contributed by atoms with E-state index < -0.39 is 5.97 Å². The predicted molar refractivity (Wildman–Crippen MR) is 66.1 cm³/mol. The van der Waals surface area contributed by atoms with E-state index in [4.69, 9.17) is 9.84 Å². The van der Waals surface area contributed by atoms with Crippen molar-refractivity contribution in [2.75, 3.05) is 20.3 Å². The van der Waals surface area contributed by atoms with Crippen LogP contribution >= 0.6 is 0 Å². The number of hydrogen-bond acceptors (Lipinski definition) is 3. The van der Waals surface area contributed by atoms with Gasteiger partial charge in [0.05, 0.1) is 5.56 Å². The summed E-state index contributed by atoms with van der Waals surface area (Å²) in [4.78, 5) is 11.0. The Bertz CT molecular complexity index is 365. The largest absolute Gasteiger partial charge is 0.478 e. The molecule has 1 unspecified atom stereocenters. The summed E-state index contributed by atoms with van der Waals surface area (Å²) in [5, 5.41) is 12.2. The van der Waals surface area contributed by atoms with Gasteiger partial charge in [0.1, 0.15) is 0 Å². The van der Waals surface area contributed by atoms with Gasteiger partial charge in [-0.25, -0.2) is 4.79 Å². The van der Waals surface area contributed by atoms with Crippen LogP contribution in [0.4, 0.5) is 0 Å². The number of nitrogens with one attached hydrogen (secondary N) is 1. The van der Waals surface area contributed by atoms with Crippen LogP contribution in [-0.4, -0.2) is 31.3 Å². The van der Waals surface area contributed by atoms with Crippen LogP contribution in [0.2, 0.25) is 0 Å². The highest BCUT2D eigenvalue weighted by molar-refractivity contribution is 5.89. The highest BCUT2D eigenvalue weighted by Gasteiger charge is 2.08. The normalized spacial score (nSPS) is 12.4. The van der Waals surface area contributed by atoms with Gasteiger partial charge in [-0.1, -0.05) is 25.1 Å². The molecule has 2 N–H and O–H groups in total. The van der Waals surface area contributed by atoms with E-state index >= 15 is 0 Å². The van der Waals surface area contributed by atoms with E-state index in [0.29, 0.717) is 24.6 Å². The summed E-state index contributed by atoms with van der Waals surface area (Å²) in [6, 6.07) is 7.04. The zero-order valence-electron chi connectivity index (χ0n) is 10.3. The summed E-state index contributed by atoms with van der Waals surface area (Å²) in [6.45, 7) is 4.16. The molecule has 0 bridgehead atoms. The molecule has 1 rings (SSSR count). The van der Waals surface area contributed by atoms with Gasteiger partial charge in [0, 0.05) is 26.8 Å². The molecule has 17 heavy (non-hydrogen) atoms. The summed E-state index contributed by atoms with van der Waals surface area (Å²) >= 11 is 0. The van der Waals surface area contributed by atoms with E-state index in [0.717, 1.165) is 12.1 Å². The fourth-order valence-corrected chi connectivity index (χ4v) is 1.68. The Morgan fingerprint density at radius 3 is 2.82 bits per heavy atom. The maximum Gasteiger partial charge on any atom is 0.336 e. The van der Waals surface area contributed by atoms with E-state index in [1.165, 1.54) is 0 Å². The molecule has 0 aliphatic carbocycles. The first-order chi connectivity index (χ1) is 8.15. The Morgan fingerprint density at radius 2 is 2.18 bits per heavy atom. The number of aromatic carboxylic acids is 1. The van der Waals surface area contributed by atoms with E-state index in [1.807, 2.05) is 12.1 Å². The maximum absolute atomic E-state index is 11.0. The van der Waals surface area contributed by atoms with Crippen molar-refractivity contribution in [3.63, 3.8) is 0 Å². The van der Waals surface area contributed by atoms with E-state index in [2.05, 4.69) is 12.2 Å². The van der Waals surface area contributed by atoms with Crippen LogP contribution in [0.5, 0.6) is 0 Å². The van der Waals surface area contributed by atoms with Crippen molar-refractivity contribution in [3.8, 4) is 0 Å². The van der Waals surface area contributed by atoms with Gasteiger partial charge in [-0.3, -0.25) is 0 Å². The van der Waals surface area contributed by atoms with Crippen LogP contribution in [0, 0.1) is 5.92 Å². The molecule has 0 aliphatic heterocycles. The number of methoxy groups -OCH3 is 1. The van der Waals surface area contributed by atoms with Crippen LogP contribution in [0.25, 0.3) is 0 Å². The van der Waals surface area contributed by atoms with Crippen molar-refractivity contribution in [1.82, 2.24) is 5.32 Å². The first-order valence-corrected chi connectivity index (χ1v) is 5.66. The number of rotatable bonds is 7. The second kappa shape index (κ2) is 7.04. The number of carboxylic acid groups (broad SMARTS) is 1. The quantitative estimate of drug-likeness (QED) is 0.758. The van der Waals surface area contributed by atoms with Crippen molar-refractivity contribution >= 4 is 5.97 Å². The highest BCUT2D eigenvalue weighted by atomic mass is 16.5. The second-order valence-corrected chi connectivity index (χ2v) is 4.15. The Kier molecular flexibility index (Phi) is 5.66. The average Bonchev–Trinajstić information content (AvgIpc) is 2.30. The number of carboxylic acids is 1. The lowest BCUT2D eigenvalue weighted by molar-refractivity contribution is 0.0695. The molecule has 0 spiro atoms. The minimum Gasteiger partial charge on any atom is -0.478 e. The molecule has 0 saturated heterocycles. The third-order valence-corrected chi connectivity index (χ3v) is 2.51. The lowest BCUT2D eigenvalue weighted by Crippen LogP contribution is -2.24. The Hall–Kier alpha value is -1.39. The van der Waals surface area contributed by atoms with Crippen molar-refractivity contribution in [1.29, 1.82) is 0 Å². The second-order valence-electron chi connectivity index (χ2n) is 4.15.